The van der Waals surface area contributed by atoms with Gasteiger partial charge in [-0.15, -0.1) is 0 Å². The van der Waals surface area contributed by atoms with Gasteiger partial charge in [0.15, 0.2) is 0 Å². The highest BCUT2D eigenvalue weighted by atomic mass is 14.2. The smallest absolute Gasteiger partial charge is 0.00145 e. The maximum absolute atomic E-state index is 2.32. The minimum Gasteiger partial charge on any atom is -0.0616 e. The van der Waals surface area contributed by atoms with E-state index >= 15 is 0 Å². The summed E-state index contributed by atoms with van der Waals surface area (Å²) in [6, 6.07) is 35.6. The van der Waals surface area contributed by atoms with Gasteiger partial charge in [-0.3, -0.25) is 0 Å². The third kappa shape index (κ3) is 2.06. The van der Waals surface area contributed by atoms with Gasteiger partial charge in [0, 0.05) is 0 Å². The summed E-state index contributed by atoms with van der Waals surface area (Å²) in [5.41, 5.74) is 5.27. The molecule has 0 spiro atoms. The highest BCUT2D eigenvalue weighted by Gasteiger charge is 2.17. The Labute approximate surface area is 174 Å². The van der Waals surface area contributed by atoms with Crippen LogP contribution in [0.15, 0.2) is 97.1 Å². The maximum atomic E-state index is 2.32. The first-order valence-electron chi connectivity index (χ1n) is 10.5. The predicted molar refractivity (Wildman–Crippen MR) is 131 cm³/mol. The Morgan fingerprint density at radius 1 is 0.367 bits per heavy atom. The van der Waals surface area contributed by atoms with Crippen molar-refractivity contribution in [3.05, 3.63) is 108 Å². The van der Waals surface area contributed by atoms with Crippen LogP contribution >= 0.6 is 0 Å². The number of fused-ring (bicyclic) bond motifs is 5. The van der Waals surface area contributed by atoms with E-state index in [0.717, 1.165) is 0 Å². The Bertz CT molecular complexity index is 1680. The normalized spacial score (nSPS) is 12.5. The molecule has 0 nitrogen and oxygen atoms in total. The summed E-state index contributed by atoms with van der Waals surface area (Å²) < 4.78 is 0. The van der Waals surface area contributed by atoms with Crippen LogP contribution in [0.4, 0.5) is 0 Å². The van der Waals surface area contributed by atoms with Crippen LogP contribution in [-0.2, 0) is 0 Å². The Hall–Kier alpha value is -3.90. The number of benzene rings is 6. The fourth-order valence-electron chi connectivity index (χ4n) is 5.25. The second-order valence-corrected chi connectivity index (χ2v) is 8.16. The van der Waals surface area contributed by atoms with Crippen LogP contribution in [0.5, 0.6) is 0 Å². The zero-order valence-corrected chi connectivity index (χ0v) is 16.4. The van der Waals surface area contributed by atoms with Gasteiger partial charge < -0.3 is 0 Å². The molecule has 0 fully saturated rings. The van der Waals surface area contributed by atoms with Gasteiger partial charge in [-0.2, -0.15) is 0 Å². The first-order valence-corrected chi connectivity index (χ1v) is 10.5. The molecule has 0 aromatic heterocycles. The molecule has 7 rings (SSSR count). The Morgan fingerprint density at radius 2 is 1.13 bits per heavy atom. The lowest BCUT2D eigenvalue weighted by Gasteiger charge is -2.15. The van der Waals surface area contributed by atoms with Gasteiger partial charge in [0.2, 0.25) is 0 Å². The SMILES string of the molecule is C1=Cc2cc3ccccc3c3c(-c4cccc5c4ccc4ccccc45)ccc1c23. The van der Waals surface area contributed by atoms with Crippen LogP contribution in [0, 0.1) is 0 Å². The molecule has 0 N–H and O–H groups in total. The Balaban J connectivity index is 1.68. The van der Waals surface area contributed by atoms with Crippen molar-refractivity contribution in [2.45, 2.75) is 0 Å². The van der Waals surface area contributed by atoms with Crippen molar-refractivity contribution in [2.24, 2.45) is 0 Å². The molecule has 0 bridgehead atoms. The van der Waals surface area contributed by atoms with Crippen LogP contribution in [-0.4, -0.2) is 0 Å². The average molecular weight is 378 g/mol. The molecule has 0 heteroatoms. The van der Waals surface area contributed by atoms with Crippen LogP contribution in [0.1, 0.15) is 11.1 Å². The van der Waals surface area contributed by atoms with Crippen molar-refractivity contribution < 1.29 is 0 Å². The monoisotopic (exact) mass is 378 g/mol. The summed E-state index contributed by atoms with van der Waals surface area (Å²) >= 11 is 0. The fraction of sp³-hybridized carbons (Fsp3) is 0. The third-order valence-electron chi connectivity index (χ3n) is 6.59. The third-order valence-corrected chi connectivity index (χ3v) is 6.59. The summed E-state index contributed by atoms with van der Waals surface area (Å²) in [6.45, 7) is 0. The Morgan fingerprint density at radius 3 is 2.07 bits per heavy atom. The van der Waals surface area contributed by atoms with E-state index in [1.54, 1.807) is 0 Å². The second kappa shape index (κ2) is 5.81. The molecule has 138 valence electrons. The number of hydrogen-bond donors (Lipinski definition) is 0. The summed E-state index contributed by atoms with van der Waals surface area (Å²) in [6.07, 6.45) is 4.50. The molecule has 1 aliphatic rings. The van der Waals surface area contributed by atoms with Gasteiger partial charge in [-0.25, -0.2) is 0 Å². The van der Waals surface area contributed by atoms with Crippen LogP contribution < -0.4 is 0 Å². The second-order valence-electron chi connectivity index (χ2n) is 8.16. The van der Waals surface area contributed by atoms with E-state index in [1.807, 2.05) is 0 Å². The molecule has 0 heterocycles. The highest BCUT2D eigenvalue weighted by molar-refractivity contribution is 6.23. The maximum Gasteiger partial charge on any atom is -0.00145 e. The molecular weight excluding hydrogens is 360 g/mol. The first kappa shape index (κ1) is 16.0. The van der Waals surface area contributed by atoms with Gasteiger partial charge in [0.05, 0.1) is 0 Å². The molecule has 30 heavy (non-hydrogen) atoms. The van der Waals surface area contributed by atoms with E-state index < -0.39 is 0 Å². The molecular formula is C30H18. The van der Waals surface area contributed by atoms with Crippen LogP contribution in [0.2, 0.25) is 0 Å². The first-order chi connectivity index (χ1) is 14.9. The highest BCUT2D eigenvalue weighted by Crippen LogP contribution is 2.43. The predicted octanol–water partition coefficient (Wildman–Crippen LogP) is 8.45. The van der Waals surface area contributed by atoms with Gasteiger partial charge >= 0.3 is 0 Å². The van der Waals surface area contributed by atoms with Crippen molar-refractivity contribution in [1.29, 1.82) is 0 Å². The largest absolute Gasteiger partial charge is 0.0616 e. The number of rotatable bonds is 1. The van der Waals surface area contributed by atoms with E-state index in [4.69, 9.17) is 0 Å². The van der Waals surface area contributed by atoms with E-state index in [0.29, 0.717) is 0 Å². The van der Waals surface area contributed by atoms with Crippen LogP contribution in [0.25, 0.3) is 66.4 Å². The van der Waals surface area contributed by atoms with Crippen molar-refractivity contribution in [3.8, 4) is 11.1 Å². The molecule has 0 saturated heterocycles. The summed E-state index contributed by atoms with van der Waals surface area (Å²) in [7, 11) is 0. The van der Waals surface area contributed by atoms with E-state index in [-0.39, 0.29) is 0 Å². The van der Waals surface area contributed by atoms with E-state index in [1.165, 1.54) is 65.3 Å². The van der Waals surface area contributed by atoms with Gasteiger partial charge in [-0.1, -0.05) is 103 Å². The summed E-state index contributed by atoms with van der Waals surface area (Å²) in [5, 5.41) is 10.6. The van der Waals surface area contributed by atoms with Gasteiger partial charge in [-0.05, 0) is 71.4 Å². The van der Waals surface area contributed by atoms with Crippen molar-refractivity contribution in [2.75, 3.05) is 0 Å². The molecule has 6 aromatic rings. The van der Waals surface area contributed by atoms with Gasteiger partial charge in [0.25, 0.3) is 0 Å². The molecule has 1 aliphatic carbocycles. The molecule has 0 aliphatic heterocycles. The van der Waals surface area contributed by atoms with Crippen molar-refractivity contribution >= 4 is 55.2 Å². The molecule has 6 aromatic carbocycles. The zero-order chi connectivity index (χ0) is 19.7. The van der Waals surface area contributed by atoms with E-state index in [2.05, 4.69) is 109 Å². The van der Waals surface area contributed by atoms with E-state index in [9.17, 15) is 0 Å². The standard InChI is InChI=1S/C30H18/c1-3-8-23-19(6-1)14-16-27-25(23)10-5-11-26(27)28-17-15-20-12-13-22-18-21-7-2-4-9-24(21)30(28)29(20)22/h1-18H. The van der Waals surface area contributed by atoms with Gasteiger partial charge in [0.1, 0.15) is 0 Å². The minimum absolute atomic E-state index is 1.29. The lowest BCUT2D eigenvalue weighted by Crippen LogP contribution is -1.89. The zero-order valence-electron chi connectivity index (χ0n) is 16.4. The summed E-state index contributed by atoms with van der Waals surface area (Å²) in [5.74, 6) is 0. The average Bonchev–Trinajstić information content (AvgIpc) is 3.22. The minimum atomic E-state index is 1.29. The molecule has 0 unspecified atom stereocenters. The lowest BCUT2D eigenvalue weighted by atomic mass is 9.88. The van der Waals surface area contributed by atoms with Crippen molar-refractivity contribution in [1.82, 2.24) is 0 Å². The molecule has 0 saturated carbocycles. The molecule has 0 atom stereocenters. The summed E-state index contributed by atoms with van der Waals surface area (Å²) in [4.78, 5) is 0. The quantitative estimate of drug-likeness (QED) is 0.251. The van der Waals surface area contributed by atoms with Crippen molar-refractivity contribution in [3.63, 3.8) is 0 Å². The fourth-order valence-corrected chi connectivity index (χ4v) is 5.25. The molecule has 0 amide bonds. The molecule has 0 radical (unpaired) electrons. The Kier molecular flexibility index (Phi) is 3.09. The number of hydrogen-bond acceptors (Lipinski definition) is 0. The lowest BCUT2D eigenvalue weighted by molar-refractivity contribution is 1.69. The topological polar surface area (TPSA) is 0 Å². The van der Waals surface area contributed by atoms with Crippen LogP contribution in [0.3, 0.4) is 0 Å².